The minimum absolute atomic E-state index is 0.0571. The Morgan fingerprint density at radius 1 is 1.33 bits per heavy atom. The van der Waals surface area contributed by atoms with Crippen molar-refractivity contribution in [3.8, 4) is 5.75 Å². The van der Waals surface area contributed by atoms with E-state index in [0.29, 0.717) is 23.9 Å². The van der Waals surface area contributed by atoms with Gasteiger partial charge in [-0.25, -0.2) is 0 Å². The number of benzene rings is 1. The van der Waals surface area contributed by atoms with Crippen LogP contribution in [0, 0.1) is 5.92 Å². The van der Waals surface area contributed by atoms with E-state index in [9.17, 15) is 18.0 Å². The standard InChI is InChI=1S/C17H17F3N2O2/c1-24-14-9-21-13-7-3-2-6-12(13)15(14)16(23)22-8-4-5-11(10-22)17(18,19)20/h2-3,6-7,9,11H,4-5,8,10H2,1H3/t11-/m1/s1. The van der Waals surface area contributed by atoms with Gasteiger partial charge in [0.05, 0.1) is 30.3 Å². The predicted octanol–water partition coefficient (Wildman–Crippen LogP) is 3.66. The maximum absolute atomic E-state index is 13.0. The van der Waals surface area contributed by atoms with Crippen LogP contribution in [-0.4, -0.2) is 42.2 Å². The quantitative estimate of drug-likeness (QED) is 0.839. The molecule has 128 valence electrons. The number of carbonyl (C=O) groups is 1. The smallest absolute Gasteiger partial charge is 0.393 e. The molecule has 1 aromatic heterocycles. The highest BCUT2D eigenvalue weighted by atomic mass is 19.4. The first kappa shape index (κ1) is 16.5. The fourth-order valence-electron chi connectivity index (χ4n) is 3.09. The van der Waals surface area contributed by atoms with E-state index in [1.165, 1.54) is 18.2 Å². The van der Waals surface area contributed by atoms with Gasteiger partial charge < -0.3 is 9.64 Å². The second-order valence-corrected chi connectivity index (χ2v) is 5.85. The summed E-state index contributed by atoms with van der Waals surface area (Å²) in [5, 5.41) is 0.580. The van der Waals surface area contributed by atoms with Crippen LogP contribution in [0.25, 0.3) is 10.9 Å². The number of piperidine rings is 1. The Morgan fingerprint density at radius 2 is 2.08 bits per heavy atom. The maximum atomic E-state index is 13.0. The van der Waals surface area contributed by atoms with E-state index in [0.717, 1.165) is 0 Å². The average Bonchev–Trinajstić information content (AvgIpc) is 2.59. The van der Waals surface area contributed by atoms with Gasteiger partial charge in [0, 0.05) is 18.5 Å². The van der Waals surface area contributed by atoms with Gasteiger partial charge in [-0.05, 0) is 18.9 Å². The van der Waals surface area contributed by atoms with Crippen molar-refractivity contribution in [1.29, 1.82) is 0 Å². The minimum Gasteiger partial charge on any atom is -0.494 e. The van der Waals surface area contributed by atoms with Gasteiger partial charge in [0.2, 0.25) is 0 Å². The van der Waals surface area contributed by atoms with Gasteiger partial charge in [0.15, 0.2) is 5.75 Å². The number of hydrogen-bond donors (Lipinski definition) is 0. The molecule has 1 fully saturated rings. The first-order chi connectivity index (χ1) is 11.4. The Kier molecular flexibility index (Phi) is 4.34. The molecule has 4 nitrogen and oxygen atoms in total. The summed E-state index contributed by atoms with van der Waals surface area (Å²) in [5.41, 5.74) is 0.872. The second-order valence-electron chi connectivity index (χ2n) is 5.85. The van der Waals surface area contributed by atoms with Crippen LogP contribution in [0.5, 0.6) is 5.75 Å². The maximum Gasteiger partial charge on any atom is 0.393 e. The van der Waals surface area contributed by atoms with Crippen LogP contribution in [0.2, 0.25) is 0 Å². The third-order valence-electron chi connectivity index (χ3n) is 4.35. The van der Waals surface area contributed by atoms with Gasteiger partial charge in [0.1, 0.15) is 0 Å². The zero-order valence-corrected chi connectivity index (χ0v) is 13.1. The highest BCUT2D eigenvalue weighted by Crippen LogP contribution is 2.35. The Balaban J connectivity index is 1.99. The van der Waals surface area contributed by atoms with Crippen LogP contribution in [-0.2, 0) is 0 Å². The number of likely N-dealkylation sites (tertiary alicyclic amines) is 1. The summed E-state index contributed by atoms with van der Waals surface area (Å²) >= 11 is 0. The van der Waals surface area contributed by atoms with Gasteiger partial charge in [-0.3, -0.25) is 9.78 Å². The number of hydrogen-bond acceptors (Lipinski definition) is 3. The van der Waals surface area contributed by atoms with E-state index in [2.05, 4.69) is 4.98 Å². The summed E-state index contributed by atoms with van der Waals surface area (Å²) in [6.07, 6.45) is -2.47. The molecule has 0 radical (unpaired) electrons. The first-order valence-corrected chi connectivity index (χ1v) is 7.69. The molecule has 0 saturated carbocycles. The summed E-state index contributed by atoms with van der Waals surface area (Å²) in [6.45, 7) is -0.00659. The van der Waals surface area contributed by atoms with Gasteiger partial charge >= 0.3 is 6.18 Å². The molecule has 0 N–H and O–H groups in total. The van der Waals surface area contributed by atoms with Crippen LogP contribution in [0.15, 0.2) is 30.5 Å². The Bertz CT molecular complexity index is 761. The lowest BCUT2D eigenvalue weighted by Gasteiger charge is -2.34. The van der Waals surface area contributed by atoms with E-state index >= 15 is 0 Å². The lowest BCUT2D eigenvalue weighted by Crippen LogP contribution is -2.44. The van der Waals surface area contributed by atoms with Crippen LogP contribution in [0.1, 0.15) is 23.2 Å². The van der Waals surface area contributed by atoms with Crippen molar-refractivity contribution >= 4 is 16.8 Å². The molecule has 1 atom stereocenters. The Labute approximate surface area is 137 Å². The highest BCUT2D eigenvalue weighted by molar-refractivity contribution is 6.08. The predicted molar refractivity (Wildman–Crippen MR) is 83.0 cm³/mol. The van der Waals surface area contributed by atoms with Crippen LogP contribution in [0.4, 0.5) is 13.2 Å². The summed E-state index contributed by atoms with van der Waals surface area (Å²) < 4.78 is 44.2. The molecule has 1 amide bonds. The number of nitrogens with zero attached hydrogens (tertiary/aromatic N) is 2. The molecular formula is C17H17F3N2O2. The number of fused-ring (bicyclic) bond motifs is 1. The van der Waals surface area contributed by atoms with Crippen molar-refractivity contribution in [2.24, 2.45) is 5.92 Å². The normalized spacial score (nSPS) is 18.7. The van der Waals surface area contributed by atoms with E-state index in [1.54, 1.807) is 24.3 Å². The van der Waals surface area contributed by atoms with Gasteiger partial charge in [-0.2, -0.15) is 13.2 Å². The van der Waals surface area contributed by atoms with Crippen molar-refractivity contribution in [3.63, 3.8) is 0 Å². The number of amides is 1. The minimum atomic E-state index is -4.29. The third-order valence-corrected chi connectivity index (χ3v) is 4.35. The Morgan fingerprint density at radius 3 is 2.79 bits per heavy atom. The van der Waals surface area contributed by atoms with E-state index < -0.39 is 18.0 Å². The summed E-state index contributed by atoms with van der Waals surface area (Å²) in [7, 11) is 1.41. The zero-order valence-electron chi connectivity index (χ0n) is 13.1. The lowest BCUT2D eigenvalue weighted by atomic mass is 9.96. The highest BCUT2D eigenvalue weighted by Gasteiger charge is 2.43. The summed E-state index contributed by atoms with van der Waals surface area (Å²) in [5.74, 6) is -1.65. The largest absolute Gasteiger partial charge is 0.494 e. The van der Waals surface area contributed by atoms with Crippen LogP contribution >= 0.6 is 0 Å². The molecule has 1 aliphatic heterocycles. The number of ether oxygens (including phenoxy) is 1. The number of methoxy groups -OCH3 is 1. The molecule has 0 bridgehead atoms. The first-order valence-electron chi connectivity index (χ1n) is 7.69. The second kappa shape index (κ2) is 6.30. The molecule has 0 spiro atoms. The van der Waals surface area contributed by atoms with Crippen molar-refractivity contribution in [3.05, 3.63) is 36.0 Å². The number of rotatable bonds is 2. The molecule has 1 aromatic carbocycles. The third kappa shape index (κ3) is 3.02. The monoisotopic (exact) mass is 338 g/mol. The molecule has 2 aromatic rings. The van der Waals surface area contributed by atoms with E-state index in [-0.39, 0.29) is 24.3 Å². The topological polar surface area (TPSA) is 42.4 Å². The number of pyridine rings is 1. The van der Waals surface area contributed by atoms with E-state index in [4.69, 9.17) is 4.74 Å². The van der Waals surface area contributed by atoms with Crippen molar-refractivity contribution in [2.45, 2.75) is 19.0 Å². The van der Waals surface area contributed by atoms with Crippen molar-refractivity contribution in [2.75, 3.05) is 20.2 Å². The molecule has 1 saturated heterocycles. The van der Waals surface area contributed by atoms with Crippen LogP contribution < -0.4 is 4.74 Å². The molecule has 0 unspecified atom stereocenters. The van der Waals surface area contributed by atoms with Crippen LogP contribution in [0.3, 0.4) is 0 Å². The molecule has 2 heterocycles. The van der Waals surface area contributed by atoms with E-state index in [1.807, 2.05) is 0 Å². The zero-order chi connectivity index (χ0) is 17.3. The molecule has 1 aliphatic rings. The molecule has 0 aliphatic carbocycles. The fraction of sp³-hybridized carbons (Fsp3) is 0.412. The molecule has 3 rings (SSSR count). The lowest BCUT2D eigenvalue weighted by molar-refractivity contribution is -0.184. The fourth-order valence-corrected chi connectivity index (χ4v) is 3.09. The van der Waals surface area contributed by atoms with Crippen molar-refractivity contribution in [1.82, 2.24) is 9.88 Å². The van der Waals surface area contributed by atoms with Gasteiger partial charge in [-0.15, -0.1) is 0 Å². The number of halogens is 3. The van der Waals surface area contributed by atoms with Gasteiger partial charge in [-0.1, -0.05) is 18.2 Å². The number of aromatic nitrogens is 1. The average molecular weight is 338 g/mol. The number of alkyl halides is 3. The SMILES string of the molecule is COc1cnc2ccccc2c1C(=O)N1CCC[C@@H](C(F)(F)F)C1. The Hall–Kier alpha value is -2.31. The number of para-hydroxylation sites is 1. The van der Waals surface area contributed by atoms with Crippen molar-refractivity contribution < 1.29 is 22.7 Å². The summed E-state index contributed by atoms with van der Waals surface area (Å²) in [4.78, 5) is 18.4. The molecular weight excluding hydrogens is 321 g/mol. The molecule has 24 heavy (non-hydrogen) atoms. The number of carbonyl (C=O) groups excluding carboxylic acids is 1. The van der Waals surface area contributed by atoms with Gasteiger partial charge in [0.25, 0.3) is 5.91 Å². The molecule has 7 heteroatoms. The summed E-state index contributed by atoms with van der Waals surface area (Å²) in [6, 6.07) is 7.02.